The molecule has 2 aromatic rings. The predicted octanol–water partition coefficient (Wildman–Crippen LogP) is 7.52. The summed E-state index contributed by atoms with van der Waals surface area (Å²) in [7, 11) is 0. The molecule has 0 bridgehead atoms. The van der Waals surface area contributed by atoms with E-state index in [9.17, 15) is 10.2 Å². The average molecular weight is 379 g/mol. The number of fused-ring (bicyclic) bond motifs is 1. The lowest BCUT2D eigenvalue weighted by molar-refractivity contribution is 0.461. The molecule has 0 amide bonds. The molecule has 0 atom stereocenters. The molecule has 2 nitrogen and oxygen atoms in total. The van der Waals surface area contributed by atoms with E-state index in [4.69, 9.17) is 0 Å². The van der Waals surface area contributed by atoms with Crippen LogP contribution in [-0.2, 0) is 6.42 Å². The Labute approximate surface area is 169 Å². The second-order valence-corrected chi connectivity index (χ2v) is 8.01. The zero-order chi connectivity index (χ0) is 20.7. The lowest BCUT2D eigenvalue weighted by Crippen LogP contribution is -1.92. The van der Waals surface area contributed by atoms with Crippen molar-refractivity contribution < 1.29 is 10.2 Å². The van der Waals surface area contributed by atoms with E-state index < -0.39 is 0 Å². The van der Waals surface area contributed by atoms with Crippen LogP contribution in [0.25, 0.3) is 10.8 Å². The third-order valence-corrected chi connectivity index (χ3v) is 5.31. The molecule has 0 unspecified atom stereocenters. The van der Waals surface area contributed by atoms with Crippen LogP contribution in [0, 0.1) is 6.92 Å². The van der Waals surface area contributed by atoms with Crippen molar-refractivity contribution in [2.75, 3.05) is 0 Å². The van der Waals surface area contributed by atoms with E-state index in [1.165, 1.54) is 16.7 Å². The molecular weight excluding hydrogens is 344 g/mol. The Hall–Kier alpha value is -2.48. The number of rotatable bonds is 8. The van der Waals surface area contributed by atoms with E-state index in [2.05, 4.69) is 45.9 Å². The van der Waals surface area contributed by atoms with Crippen LogP contribution in [-0.4, -0.2) is 10.2 Å². The highest BCUT2D eigenvalue weighted by Crippen LogP contribution is 2.39. The van der Waals surface area contributed by atoms with Gasteiger partial charge in [0.05, 0.1) is 0 Å². The van der Waals surface area contributed by atoms with Gasteiger partial charge in [-0.05, 0) is 72.3 Å². The summed E-state index contributed by atoms with van der Waals surface area (Å²) in [4.78, 5) is 0. The Morgan fingerprint density at radius 1 is 0.786 bits per heavy atom. The second-order valence-electron chi connectivity index (χ2n) is 8.01. The van der Waals surface area contributed by atoms with Gasteiger partial charge in [-0.15, -0.1) is 0 Å². The van der Waals surface area contributed by atoms with Crippen LogP contribution in [0.5, 0.6) is 11.5 Å². The van der Waals surface area contributed by atoms with E-state index in [-0.39, 0.29) is 11.5 Å². The molecule has 2 rings (SSSR count). The van der Waals surface area contributed by atoms with Crippen molar-refractivity contribution in [2.45, 2.75) is 66.7 Å². The molecule has 2 aromatic carbocycles. The Morgan fingerprint density at radius 3 is 1.93 bits per heavy atom. The van der Waals surface area contributed by atoms with Crippen molar-refractivity contribution >= 4 is 10.8 Å². The Kier molecular flexibility index (Phi) is 7.92. The van der Waals surface area contributed by atoms with Gasteiger partial charge in [0.2, 0.25) is 0 Å². The van der Waals surface area contributed by atoms with Crippen molar-refractivity contribution in [3.63, 3.8) is 0 Å². The highest BCUT2D eigenvalue weighted by atomic mass is 16.3. The monoisotopic (exact) mass is 378 g/mol. The summed E-state index contributed by atoms with van der Waals surface area (Å²) in [5, 5.41) is 22.6. The van der Waals surface area contributed by atoms with E-state index >= 15 is 0 Å². The number of benzene rings is 2. The van der Waals surface area contributed by atoms with Crippen LogP contribution in [0.2, 0.25) is 0 Å². The molecule has 0 radical (unpaired) electrons. The maximum absolute atomic E-state index is 10.7. The van der Waals surface area contributed by atoms with E-state index in [0.29, 0.717) is 17.2 Å². The number of hydrogen-bond donors (Lipinski definition) is 2. The average Bonchev–Trinajstić information content (AvgIpc) is 2.66. The molecule has 0 saturated carbocycles. The number of aromatic hydroxyl groups is 2. The van der Waals surface area contributed by atoms with Gasteiger partial charge >= 0.3 is 0 Å². The summed E-state index contributed by atoms with van der Waals surface area (Å²) in [6, 6.07) is 7.45. The van der Waals surface area contributed by atoms with E-state index in [1.807, 2.05) is 31.2 Å². The highest BCUT2D eigenvalue weighted by Gasteiger charge is 2.14. The van der Waals surface area contributed by atoms with Gasteiger partial charge in [0.25, 0.3) is 0 Å². The van der Waals surface area contributed by atoms with Crippen molar-refractivity contribution in [3.8, 4) is 11.5 Å². The van der Waals surface area contributed by atoms with Crippen LogP contribution in [0.3, 0.4) is 0 Å². The molecule has 0 heterocycles. The Morgan fingerprint density at radius 2 is 1.32 bits per heavy atom. The van der Waals surface area contributed by atoms with Gasteiger partial charge in [-0.3, -0.25) is 0 Å². The van der Waals surface area contributed by atoms with Crippen molar-refractivity contribution in [2.24, 2.45) is 0 Å². The first-order chi connectivity index (χ1) is 13.3. The largest absolute Gasteiger partial charge is 0.507 e. The Balaban J connectivity index is 2.02. The fourth-order valence-electron chi connectivity index (χ4n) is 3.45. The van der Waals surface area contributed by atoms with Gasteiger partial charge in [0.1, 0.15) is 11.5 Å². The molecule has 0 aliphatic heterocycles. The summed E-state index contributed by atoms with van der Waals surface area (Å²) < 4.78 is 0. The number of phenols is 2. The molecule has 2 N–H and O–H groups in total. The minimum atomic E-state index is 0.268. The molecular formula is C26H34O2. The van der Waals surface area contributed by atoms with Crippen LogP contribution >= 0.6 is 0 Å². The highest BCUT2D eigenvalue weighted by molar-refractivity contribution is 5.95. The summed E-state index contributed by atoms with van der Waals surface area (Å²) in [6.45, 7) is 10.5. The third-order valence-electron chi connectivity index (χ3n) is 5.31. The lowest BCUT2D eigenvalue weighted by Gasteiger charge is -2.13. The second kappa shape index (κ2) is 10.2. The van der Waals surface area contributed by atoms with Crippen LogP contribution in [0.15, 0.2) is 59.2 Å². The summed E-state index contributed by atoms with van der Waals surface area (Å²) >= 11 is 0. The normalized spacial score (nSPS) is 12.5. The molecule has 0 spiro atoms. The maximum atomic E-state index is 10.7. The van der Waals surface area contributed by atoms with Crippen LogP contribution in [0.1, 0.15) is 64.5 Å². The minimum Gasteiger partial charge on any atom is -0.507 e. The predicted molar refractivity (Wildman–Crippen MR) is 121 cm³/mol. The van der Waals surface area contributed by atoms with Gasteiger partial charge < -0.3 is 10.2 Å². The van der Waals surface area contributed by atoms with E-state index in [1.54, 1.807) is 0 Å². The molecule has 0 aromatic heterocycles. The summed E-state index contributed by atoms with van der Waals surface area (Å²) in [5.74, 6) is 0.550. The molecule has 2 heteroatoms. The molecule has 28 heavy (non-hydrogen) atoms. The summed E-state index contributed by atoms with van der Waals surface area (Å²) in [5.41, 5.74) is 5.70. The number of allylic oxidation sites excluding steroid dienone is 6. The van der Waals surface area contributed by atoms with Crippen LogP contribution < -0.4 is 0 Å². The first-order valence-corrected chi connectivity index (χ1v) is 10.2. The quantitative estimate of drug-likeness (QED) is 0.368. The first kappa shape index (κ1) is 21.8. The molecule has 0 aliphatic rings. The number of hydrogen-bond acceptors (Lipinski definition) is 2. The van der Waals surface area contributed by atoms with Crippen LogP contribution in [0.4, 0.5) is 0 Å². The SMILES string of the molecule is CC(C)=CCCC(C)=CCCC(C)=CCc1c(C)c(O)c2ccccc2c1O. The zero-order valence-corrected chi connectivity index (χ0v) is 18.0. The Bertz CT molecular complexity index is 910. The van der Waals surface area contributed by atoms with Crippen molar-refractivity contribution in [3.05, 3.63) is 70.3 Å². The lowest BCUT2D eigenvalue weighted by atomic mass is 9.95. The number of phenolic OH excluding ortho intramolecular Hbond substituents is 2. The standard InChI is InChI=1S/C26H34O2/c1-18(2)10-8-11-19(3)12-9-13-20(4)16-17-22-21(5)25(27)23-14-6-7-15-24(23)26(22)28/h6-7,10,12,14-16,27-28H,8-9,11,13,17H2,1-5H3. The topological polar surface area (TPSA) is 40.5 Å². The molecule has 0 aliphatic carbocycles. The fraction of sp³-hybridized carbons (Fsp3) is 0.385. The van der Waals surface area contributed by atoms with Gasteiger partial charge in [0.15, 0.2) is 0 Å². The molecule has 150 valence electrons. The van der Waals surface area contributed by atoms with Gasteiger partial charge in [-0.1, -0.05) is 59.2 Å². The van der Waals surface area contributed by atoms with Gasteiger partial charge in [-0.25, -0.2) is 0 Å². The van der Waals surface area contributed by atoms with Crippen molar-refractivity contribution in [1.82, 2.24) is 0 Å². The fourth-order valence-corrected chi connectivity index (χ4v) is 3.45. The maximum Gasteiger partial charge on any atom is 0.127 e. The van der Waals surface area contributed by atoms with Gasteiger partial charge in [0, 0.05) is 16.3 Å². The first-order valence-electron chi connectivity index (χ1n) is 10.2. The minimum absolute atomic E-state index is 0.268. The summed E-state index contributed by atoms with van der Waals surface area (Å²) in [6.07, 6.45) is 11.7. The molecule has 0 fully saturated rings. The van der Waals surface area contributed by atoms with E-state index in [0.717, 1.165) is 36.8 Å². The van der Waals surface area contributed by atoms with Gasteiger partial charge in [-0.2, -0.15) is 0 Å². The smallest absolute Gasteiger partial charge is 0.127 e. The molecule has 0 saturated heterocycles. The third kappa shape index (κ3) is 5.76. The van der Waals surface area contributed by atoms with Crippen molar-refractivity contribution in [1.29, 1.82) is 0 Å². The zero-order valence-electron chi connectivity index (χ0n) is 18.0.